The molecule has 2 aromatic rings. The summed E-state index contributed by atoms with van der Waals surface area (Å²) < 4.78 is 6.09. The van der Waals surface area contributed by atoms with Crippen LogP contribution in [0, 0.1) is 0 Å². The number of nitrogens with one attached hydrogen (secondary N) is 3. The van der Waals surface area contributed by atoms with E-state index in [1.807, 2.05) is 0 Å². The van der Waals surface area contributed by atoms with Gasteiger partial charge in [-0.2, -0.15) is 0 Å². The molecule has 0 saturated heterocycles. The first-order valence-electron chi connectivity index (χ1n) is 7.96. The number of hydrogen-bond acceptors (Lipinski definition) is 4. The van der Waals surface area contributed by atoms with Gasteiger partial charge in [0.05, 0.1) is 5.02 Å². The molecular weight excluding hydrogens is 438 g/mol. The van der Waals surface area contributed by atoms with Gasteiger partial charge in [0.25, 0.3) is 11.8 Å². The van der Waals surface area contributed by atoms with Gasteiger partial charge in [-0.05, 0) is 42.5 Å². The van der Waals surface area contributed by atoms with Gasteiger partial charge in [-0.1, -0.05) is 34.5 Å². The van der Waals surface area contributed by atoms with Crippen LogP contribution in [0.5, 0.6) is 5.75 Å². The van der Waals surface area contributed by atoms with Crippen LogP contribution in [-0.2, 0) is 9.59 Å². The molecule has 2 rings (SSSR count). The fourth-order valence-electron chi connectivity index (χ4n) is 1.92. The van der Waals surface area contributed by atoms with Gasteiger partial charge >= 0.3 is 0 Å². The van der Waals surface area contributed by atoms with Gasteiger partial charge in [0.2, 0.25) is 5.91 Å². The number of halogens is 2. The smallest absolute Gasteiger partial charge is 0.276 e. The van der Waals surface area contributed by atoms with E-state index in [0.717, 1.165) is 4.47 Å². The summed E-state index contributed by atoms with van der Waals surface area (Å²) in [5.41, 5.74) is 5.44. The summed E-state index contributed by atoms with van der Waals surface area (Å²) in [5, 5.41) is 3.04. The van der Waals surface area contributed by atoms with Crippen LogP contribution in [0.2, 0.25) is 5.02 Å². The van der Waals surface area contributed by atoms with Gasteiger partial charge < -0.3 is 10.1 Å². The maximum atomic E-state index is 12.0. The normalized spacial score (nSPS) is 10.0. The fraction of sp³-hybridized carbons (Fsp3) is 0.167. The number of carbonyl (C=O) groups is 3. The Morgan fingerprint density at radius 1 is 1.04 bits per heavy atom. The largest absolute Gasteiger partial charge is 0.482 e. The highest BCUT2D eigenvalue weighted by atomic mass is 79.9. The van der Waals surface area contributed by atoms with Gasteiger partial charge in [0, 0.05) is 22.1 Å². The van der Waals surface area contributed by atoms with Gasteiger partial charge in [-0.25, -0.2) is 0 Å². The topological polar surface area (TPSA) is 96.5 Å². The Kier molecular flexibility index (Phi) is 7.63. The first kappa shape index (κ1) is 20.7. The third-order valence-electron chi connectivity index (χ3n) is 3.32. The van der Waals surface area contributed by atoms with Crippen LogP contribution in [0.25, 0.3) is 0 Å². The summed E-state index contributed by atoms with van der Waals surface area (Å²) in [6.07, 6.45) is 0.363. The van der Waals surface area contributed by atoms with E-state index in [2.05, 4.69) is 32.1 Å². The van der Waals surface area contributed by atoms with E-state index in [1.54, 1.807) is 37.3 Å². The van der Waals surface area contributed by atoms with Crippen molar-refractivity contribution in [3.05, 3.63) is 57.5 Å². The number of hydrazine groups is 1. The number of amides is 3. The second kappa shape index (κ2) is 9.94. The molecule has 0 atom stereocenters. The molecule has 7 nitrogen and oxygen atoms in total. The summed E-state index contributed by atoms with van der Waals surface area (Å²) in [7, 11) is 0. The highest BCUT2D eigenvalue weighted by Crippen LogP contribution is 2.27. The Morgan fingerprint density at radius 2 is 1.74 bits per heavy atom. The minimum Gasteiger partial charge on any atom is -0.482 e. The molecule has 9 heteroatoms. The molecule has 0 aromatic heterocycles. The van der Waals surface area contributed by atoms with Crippen LogP contribution in [0.3, 0.4) is 0 Å². The van der Waals surface area contributed by atoms with E-state index in [9.17, 15) is 14.4 Å². The highest BCUT2D eigenvalue weighted by molar-refractivity contribution is 9.10. The molecule has 2 aromatic carbocycles. The second-order valence-electron chi connectivity index (χ2n) is 5.34. The van der Waals surface area contributed by atoms with Gasteiger partial charge in [0.15, 0.2) is 6.61 Å². The Bertz CT molecular complexity index is 843. The van der Waals surface area contributed by atoms with E-state index in [0.29, 0.717) is 28.4 Å². The minimum atomic E-state index is -0.547. The van der Waals surface area contributed by atoms with Crippen LogP contribution in [0.1, 0.15) is 23.7 Å². The predicted octanol–water partition coefficient (Wildman–Crippen LogP) is 3.29. The van der Waals surface area contributed by atoms with E-state index in [-0.39, 0.29) is 12.5 Å². The van der Waals surface area contributed by atoms with Crippen molar-refractivity contribution < 1.29 is 19.1 Å². The molecule has 0 aliphatic carbocycles. The van der Waals surface area contributed by atoms with Crippen LogP contribution >= 0.6 is 27.5 Å². The number of ether oxygens (including phenoxy) is 1. The zero-order valence-corrected chi connectivity index (χ0v) is 16.7. The summed E-state index contributed by atoms with van der Waals surface area (Å²) in [6.45, 7) is 1.43. The highest BCUT2D eigenvalue weighted by Gasteiger charge is 2.10. The molecule has 3 N–H and O–H groups in total. The number of benzene rings is 2. The molecule has 27 heavy (non-hydrogen) atoms. The summed E-state index contributed by atoms with van der Waals surface area (Å²) in [5.74, 6) is -0.816. The predicted molar refractivity (Wildman–Crippen MR) is 106 cm³/mol. The Morgan fingerprint density at radius 3 is 2.37 bits per heavy atom. The van der Waals surface area contributed by atoms with Crippen molar-refractivity contribution in [3.63, 3.8) is 0 Å². The monoisotopic (exact) mass is 453 g/mol. The Hall–Kier alpha value is -2.58. The van der Waals surface area contributed by atoms with Crippen molar-refractivity contribution in [1.29, 1.82) is 0 Å². The summed E-state index contributed by atoms with van der Waals surface area (Å²) in [4.78, 5) is 35.1. The molecule has 0 heterocycles. The van der Waals surface area contributed by atoms with E-state index in [1.165, 1.54) is 12.1 Å². The molecule has 0 spiro atoms. The average molecular weight is 455 g/mol. The number of anilines is 1. The lowest BCUT2D eigenvalue weighted by Crippen LogP contribution is -2.43. The number of hydrogen-bond donors (Lipinski definition) is 3. The SMILES string of the molecule is CCC(=O)Nc1ccc(C(=O)NNC(=O)COc2ccc(Br)cc2Cl)cc1. The number of rotatable bonds is 6. The fourth-order valence-corrected chi connectivity index (χ4v) is 2.65. The minimum absolute atomic E-state index is 0.120. The van der Waals surface area contributed by atoms with E-state index < -0.39 is 11.8 Å². The average Bonchev–Trinajstić information content (AvgIpc) is 2.65. The molecule has 3 amide bonds. The van der Waals surface area contributed by atoms with Crippen molar-refractivity contribution in [2.24, 2.45) is 0 Å². The van der Waals surface area contributed by atoms with Crippen LogP contribution < -0.4 is 20.9 Å². The standard InChI is InChI=1S/C18H17BrClN3O4/c1-2-16(24)21-13-6-3-11(4-7-13)18(26)23-22-17(25)10-27-15-8-5-12(19)9-14(15)20/h3-9H,2,10H2,1H3,(H,21,24)(H,22,25)(H,23,26). The second-order valence-corrected chi connectivity index (χ2v) is 6.67. The van der Waals surface area contributed by atoms with Crippen molar-refractivity contribution in [2.75, 3.05) is 11.9 Å². The molecule has 0 saturated carbocycles. The summed E-state index contributed by atoms with van der Waals surface area (Å²) >= 11 is 9.26. The van der Waals surface area contributed by atoms with Gasteiger partial charge in [-0.15, -0.1) is 0 Å². The van der Waals surface area contributed by atoms with Gasteiger partial charge in [0.1, 0.15) is 5.75 Å². The maximum Gasteiger partial charge on any atom is 0.276 e. The van der Waals surface area contributed by atoms with Crippen molar-refractivity contribution in [1.82, 2.24) is 10.9 Å². The zero-order chi connectivity index (χ0) is 19.8. The Balaban J connectivity index is 1.80. The molecule has 0 aliphatic heterocycles. The number of carbonyl (C=O) groups excluding carboxylic acids is 3. The van der Waals surface area contributed by atoms with Gasteiger partial charge in [-0.3, -0.25) is 25.2 Å². The zero-order valence-electron chi connectivity index (χ0n) is 14.3. The molecule has 0 radical (unpaired) electrons. The third kappa shape index (κ3) is 6.58. The lowest BCUT2D eigenvalue weighted by molar-refractivity contribution is -0.123. The molecular formula is C18H17BrClN3O4. The quantitative estimate of drug-likeness (QED) is 0.584. The maximum absolute atomic E-state index is 12.0. The molecule has 0 fully saturated rings. The van der Waals surface area contributed by atoms with Crippen molar-refractivity contribution >= 4 is 50.9 Å². The van der Waals surface area contributed by atoms with Crippen molar-refractivity contribution in [3.8, 4) is 5.75 Å². The van der Waals surface area contributed by atoms with E-state index in [4.69, 9.17) is 16.3 Å². The lowest BCUT2D eigenvalue weighted by atomic mass is 10.2. The van der Waals surface area contributed by atoms with Crippen LogP contribution in [-0.4, -0.2) is 24.3 Å². The molecule has 0 unspecified atom stereocenters. The molecule has 142 valence electrons. The summed E-state index contributed by atoms with van der Waals surface area (Å²) in [6, 6.07) is 11.3. The first-order chi connectivity index (χ1) is 12.9. The van der Waals surface area contributed by atoms with Crippen LogP contribution in [0.4, 0.5) is 5.69 Å². The molecule has 0 bridgehead atoms. The van der Waals surface area contributed by atoms with Crippen molar-refractivity contribution in [2.45, 2.75) is 13.3 Å². The van der Waals surface area contributed by atoms with E-state index >= 15 is 0 Å². The Labute approximate surface area is 169 Å². The third-order valence-corrected chi connectivity index (χ3v) is 4.11. The van der Waals surface area contributed by atoms with Crippen LogP contribution in [0.15, 0.2) is 46.9 Å². The lowest BCUT2D eigenvalue weighted by Gasteiger charge is -2.10. The molecule has 0 aliphatic rings. The first-order valence-corrected chi connectivity index (χ1v) is 9.13.